The molecule has 0 bridgehead atoms. The molecule has 0 saturated carbocycles. The minimum Gasteiger partial charge on any atom is -0.381 e. The van der Waals surface area contributed by atoms with Crippen molar-refractivity contribution in [1.82, 2.24) is 5.32 Å². The zero-order valence-corrected chi connectivity index (χ0v) is 12.6. The number of ether oxygens (including phenoxy) is 2. The molecular weight excluding hydrogens is 226 g/mol. The summed E-state index contributed by atoms with van der Waals surface area (Å²) in [6, 6.07) is 0.454. The second-order valence-electron chi connectivity index (χ2n) is 5.50. The van der Waals surface area contributed by atoms with E-state index >= 15 is 0 Å². The van der Waals surface area contributed by atoms with Gasteiger partial charge in [-0.1, -0.05) is 13.8 Å². The van der Waals surface area contributed by atoms with E-state index in [0.717, 1.165) is 38.7 Å². The van der Waals surface area contributed by atoms with E-state index in [1.807, 2.05) is 0 Å². The predicted molar refractivity (Wildman–Crippen MR) is 75.9 cm³/mol. The van der Waals surface area contributed by atoms with Crippen molar-refractivity contribution in [2.24, 2.45) is 5.92 Å². The molecule has 0 radical (unpaired) electrons. The van der Waals surface area contributed by atoms with Crippen molar-refractivity contribution in [1.29, 1.82) is 0 Å². The maximum Gasteiger partial charge on any atom is 0.0804 e. The summed E-state index contributed by atoms with van der Waals surface area (Å²) in [6.45, 7) is 12.4. The molecule has 0 amide bonds. The van der Waals surface area contributed by atoms with Crippen LogP contribution in [0.25, 0.3) is 0 Å². The van der Waals surface area contributed by atoms with Crippen molar-refractivity contribution >= 4 is 0 Å². The van der Waals surface area contributed by atoms with E-state index in [1.54, 1.807) is 0 Å². The van der Waals surface area contributed by atoms with E-state index in [4.69, 9.17) is 9.47 Å². The lowest BCUT2D eigenvalue weighted by atomic mass is 9.83. The number of hydrogen-bond donors (Lipinski definition) is 1. The van der Waals surface area contributed by atoms with Gasteiger partial charge in [-0.3, -0.25) is 0 Å². The van der Waals surface area contributed by atoms with Gasteiger partial charge in [-0.15, -0.1) is 0 Å². The lowest BCUT2D eigenvalue weighted by molar-refractivity contribution is -0.0637. The molecule has 1 fully saturated rings. The number of hydrogen-bond acceptors (Lipinski definition) is 3. The molecule has 1 saturated heterocycles. The molecule has 3 nitrogen and oxygen atoms in total. The topological polar surface area (TPSA) is 30.5 Å². The third-order valence-electron chi connectivity index (χ3n) is 4.27. The van der Waals surface area contributed by atoms with Crippen LogP contribution in [-0.4, -0.2) is 38.0 Å². The highest BCUT2D eigenvalue weighted by molar-refractivity contribution is 4.90. The van der Waals surface area contributed by atoms with Gasteiger partial charge in [-0.2, -0.15) is 0 Å². The second-order valence-corrected chi connectivity index (χ2v) is 5.50. The van der Waals surface area contributed by atoms with Crippen LogP contribution < -0.4 is 5.32 Å². The molecule has 2 unspecified atom stereocenters. The van der Waals surface area contributed by atoms with E-state index in [-0.39, 0.29) is 5.60 Å². The molecule has 0 aromatic carbocycles. The van der Waals surface area contributed by atoms with Gasteiger partial charge in [0.25, 0.3) is 0 Å². The summed E-state index contributed by atoms with van der Waals surface area (Å²) < 4.78 is 11.5. The molecule has 3 heteroatoms. The fourth-order valence-corrected chi connectivity index (χ4v) is 2.89. The van der Waals surface area contributed by atoms with Crippen LogP contribution in [-0.2, 0) is 9.47 Å². The molecule has 1 aliphatic heterocycles. The molecule has 0 aromatic rings. The van der Waals surface area contributed by atoms with Gasteiger partial charge in [0.15, 0.2) is 0 Å². The number of rotatable bonds is 8. The highest BCUT2D eigenvalue weighted by atomic mass is 16.5. The lowest BCUT2D eigenvalue weighted by Crippen LogP contribution is -2.51. The maximum atomic E-state index is 6.04. The normalized spacial score (nSPS) is 22.7. The minimum absolute atomic E-state index is 0.0386. The summed E-state index contributed by atoms with van der Waals surface area (Å²) in [5, 5.41) is 3.64. The molecule has 108 valence electrons. The fourth-order valence-electron chi connectivity index (χ4n) is 2.89. The standard InChI is InChI=1S/C15H31NO2/c1-5-15(4,18-7-3)14(16-6-2)12-13-8-10-17-11-9-13/h13-14,16H,5-12H2,1-4H3. The first-order valence-corrected chi connectivity index (χ1v) is 7.61. The molecule has 2 atom stereocenters. The Labute approximate surface area is 113 Å². The number of likely N-dealkylation sites (N-methyl/N-ethyl adjacent to an activating group) is 1. The van der Waals surface area contributed by atoms with Gasteiger partial charge in [0.1, 0.15) is 0 Å². The van der Waals surface area contributed by atoms with Crippen LogP contribution in [0.5, 0.6) is 0 Å². The van der Waals surface area contributed by atoms with Crippen LogP contribution in [0.3, 0.4) is 0 Å². The molecule has 0 spiro atoms. The van der Waals surface area contributed by atoms with Gasteiger partial charge < -0.3 is 14.8 Å². The van der Waals surface area contributed by atoms with E-state index in [1.165, 1.54) is 19.3 Å². The van der Waals surface area contributed by atoms with Crippen molar-refractivity contribution in [3.05, 3.63) is 0 Å². The van der Waals surface area contributed by atoms with Gasteiger partial charge in [-0.05, 0) is 52.0 Å². The summed E-state index contributed by atoms with van der Waals surface area (Å²) in [6.07, 6.45) is 4.67. The van der Waals surface area contributed by atoms with E-state index < -0.39 is 0 Å². The Balaban J connectivity index is 2.60. The van der Waals surface area contributed by atoms with Gasteiger partial charge in [-0.25, -0.2) is 0 Å². The first kappa shape index (κ1) is 15.9. The highest BCUT2D eigenvalue weighted by Crippen LogP contribution is 2.29. The highest BCUT2D eigenvalue weighted by Gasteiger charge is 2.34. The summed E-state index contributed by atoms with van der Waals surface area (Å²) in [5.74, 6) is 0.786. The minimum atomic E-state index is -0.0386. The van der Waals surface area contributed by atoms with Gasteiger partial charge in [0.05, 0.1) is 5.60 Å². The van der Waals surface area contributed by atoms with Gasteiger partial charge in [0.2, 0.25) is 0 Å². The quantitative estimate of drug-likeness (QED) is 0.725. The van der Waals surface area contributed by atoms with Gasteiger partial charge >= 0.3 is 0 Å². The Morgan fingerprint density at radius 1 is 1.28 bits per heavy atom. The summed E-state index contributed by atoms with van der Waals surface area (Å²) in [4.78, 5) is 0. The Kier molecular flexibility index (Phi) is 7.20. The van der Waals surface area contributed by atoms with Crippen LogP contribution in [0, 0.1) is 5.92 Å². The maximum absolute atomic E-state index is 6.04. The first-order chi connectivity index (χ1) is 8.66. The van der Waals surface area contributed by atoms with E-state index in [2.05, 4.69) is 33.0 Å². The van der Waals surface area contributed by atoms with Gasteiger partial charge in [0, 0.05) is 25.9 Å². The summed E-state index contributed by atoms with van der Waals surface area (Å²) in [5.41, 5.74) is -0.0386. The molecule has 0 aliphatic carbocycles. The average Bonchev–Trinajstić information content (AvgIpc) is 2.39. The second kappa shape index (κ2) is 8.13. The van der Waals surface area contributed by atoms with Crippen molar-refractivity contribution in [3.8, 4) is 0 Å². The van der Waals surface area contributed by atoms with Crippen LogP contribution in [0.1, 0.15) is 53.4 Å². The monoisotopic (exact) mass is 257 g/mol. The SMILES string of the molecule is CCNC(CC1CCOCC1)C(C)(CC)OCC. The van der Waals surface area contributed by atoms with Crippen molar-refractivity contribution in [2.75, 3.05) is 26.4 Å². The molecule has 1 rings (SSSR count). The van der Waals surface area contributed by atoms with Crippen LogP contribution in [0.15, 0.2) is 0 Å². The Morgan fingerprint density at radius 2 is 1.94 bits per heavy atom. The largest absolute Gasteiger partial charge is 0.381 e. The van der Waals surface area contributed by atoms with Crippen LogP contribution in [0.2, 0.25) is 0 Å². The molecule has 1 heterocycles. The third kappa shape index (κ3) is 4.52. The molecular formula is C15H31NO2. The van der Waals surface area contributed by atoms with Crippen LogP contribution in [0.4, 0.5) is 0 Å². The van der Waals surface area contributed by atoms with E-state index in [0.29, 0.717) is 6.04 Å². The Hall–Kier alpha value is -0.120. The first-order valence-electron chi connectivity index (χ1n) is 7.61. The summed E-state index contributed by atoms with van der Waals surface area (Å²) in [7, 11) is 0. The van der Waals surface area contributed by atoms with Crippen molar-refractivity contribution in [2.45, 2.75) is 65.0 Å². The smallest absolute Gasteiger partial charge is 0.0804 e. The zero-order chi connectivity index (χ0) is 13.4. The van der Waals surface area contributed by atoms with Crippen molar-refractivity contribution < 1.29 is 9.47 Å². The number of nitrogens with one attached hydrogen (secondary N) is 1. The zero-order valence-electron chi connectivity index (χ0n) is 12.6. The molecule has 18 heavy (non-hydrogen) atoms. The fraction of sp³-hybridized carbons (Fsp3) is 1.00. The summed E-state index contributed by atoms with van der Waals surface area (Å²) >= 11 is 0. The molecule has 1 N–H and O–H groups in total. The molecule has 0 aromatic heterocycles. The average molecular weight is 257 g/mol. The van der Waals surface area contributed by atoms with Crippen molar-refractivity contribution in [3.63, 3.8) is 0 Å². The third-order valence-corrected chi connectivity index (χ3v) is 4.27. The molecule has 1 aliphatic rings. The van der Waals surface area contributed by atoms with Crippen LogP contribution >= 0.6 is 0 Å². The van der Waals surface area contributed by atoms with E-state index in [9.17, 15) is 0 Å². The Bertz CT molecular complexity index is 217. The predicted octanol–water partition coefficient (Wildman–Crippen LogP) is 2.99. The Morgan fingerprint density at radius 3 is 2.44 bits per heavy atom. The lowest BCUT2D eigenvalue weighted by Gasteiger charge is -2.39.